The monoisotopic (exact) mass is 338 g/mol. The first-order valence-corrected chi connectivity index (χ1v) is 7.70. The summed E-state index contributed by atoms with van der Waals surface area (Å²) in [7, 11) is 0. The van der Waals surface area contributed by atoms with Crippen LogP contribution in [-0.2, 0) is 0 Å². The third kappa shape index (κ3) is 3.00. The van der Waals surface area contributed by atoms with E-state index in [1.807, 2.05) is 6.92 Å². The topological polar surface area (TPSA) is 51.0 Å². The van der Waals surface area contributed by atoms with Gasteiger partial charge in [-0.3, -0.25) is 4.79 Å². The number of halogens is 3. The van der Waals surface area contributed by atoms with Gasteiger partial charge in [0.1, 0.15) is 11.6 Å². The van der Waals surface area contributed by atoms with Crippen LogP contribution in [-0.4, -0.2) is 38.7 Å². The van der Waals surface area contributed by atoms with Gasteiger partial charge in [0.25, 0.3) is 5.91 Å². The van der Waals surface area contributed by atoms with Gasteiger partial charge in [0.2, 0.25) is 0 Å². The van der Waals surface area contributed by atoms with Crippen LogP contribution in [0.4, 0.5) is 13.2 Å². The second-order valence-corrected chi connectivity index (χ2v) is 5.95. The molecule has 1 fully saturated rings. The summed E-state index contributed by atoms with van der Waals surface area (Å²) in [5, 5.41) is 4.34. The third-order valence-electron chi connectivity index (χ3n) is 4.17. The Morgan fingerprint density at radius 3 is 2.46 bits per heavy atom. The van der Waals surface area contributed by atoms with Crippen molar-refractivity contribution in [3.63, 3.8) is 0 Å². The van der Waals surface area contributed by atoms with Crippen LogP contribution < -0.4 is 0 Å². The Balaban J connectivity index is 1.82. The van der Waals surface area contributed by atoms with Gasteiger partial charge in [-0.05, 0) is 38.8 Å². The van der Waals surface area contributed by atoms with Crippen molar-refractivity contribution in [3.8, 4) is 0 Å². The average molecular weight is 338 g/mol. The number of likely N-dealkylation sites (tertiary alicyclic amines) is 1. The summed E-state index contributed by atoms with van der Waals surface area (Å²) >= 11 is 0. The molecule has 1 atom stereocenters. The zero-order valence-electron chi connectivity index (χ0n) is 13.4. The first-order chi connectivity index (χ1) is 11.4. The molecule has 1 aromatic heterocycles. The fraction of sp³-hybridized carbons (Fsp3) is 0.438. The molecule has 1 aliphatic rings. The standard InChI is InChI=1S/C16H17F3N4O/c1-9-20-10(2)23(21-9)12-4-3-5-22(8-12)16(24)11-6-13(17)15(19)14(18)7-11/h6-7,12H,3-5,8H2,1-2H3/t12-/m1/s1. The highest BCUT2D eigenvalue weighted by atomic mass is 19.2. The van der Waals surface area contributed by atoms with E-state index >= 15 is 0 Å². The molecular weight excluding hydrogens is 321 g/mol. The van der Waals surface area contributed by atoms with Crippen LogP contribution in [0.5, 0.6) is 0 Å². The second kappa shape index (κ2) is 6.26. The molecule has 0 N–H and O–H groups in total. The number of carbonyl (C=O) groups is 1. The fourth-order valence-corrected chi connectivity index (χ4v) is 3.08. The van der Waals surface area contributed by atoms with E-state index in [9.17, 15) is 18.0 Å². The first-order valence-electron chi connectivity index (χ1n) is 7.70. The van der Waals surface area contributed by atoms with Gasteiger partial charge in [0, 0.05) is 18.7 Å². The van der Waals surface area contributed by atoms with Crippen molar-refractivity contribution in [1.82, 2.24) is 19.7 Å². The molecule has 2 heterocycles. The maximum absolute atomic E-state index is 13.4. The molecule has 0 aliphatic carbocycles. The molecule has 0 radical (unpaired) electrons. The lowest BCUT2D eigenvalue weighted by Crippen LogP contribution is -2.41. The number of benzene rings is 1. The van der Waals surface area contributed by atoms with Crippen molar-refractivity contribution in [1.29, 1.82) is 0 Å². The number of hydrogen-bond acceptors (Lipinski definition) is 3. The predicted molar refractivity (Wildman–Crippen MR) is 80.0 cm³/mol. The van der Waals surface area contributed by atoms with Crippen LogP contribution in [0.25, 0.3) is 0 Å². The van der Waals surface area contributed by atoms with Gasteiger partial charge in [-0.2, -0.15) is 5.10 Å². The summed E-state index contributed by atoms with van der Waals surface area (Å²) in [5.41, 5.74) is -0.196. The Kier molecular flexibility index (Phi) is 4.29. The van der Waals surface area contributed by atoms with E-state index in [2.05, 4.69) is 10.1 Å². The molecular formula is C16H17F3N4O. The number of piperidine rings is 1. The number of nitrogens with zero attached hydrogens (tertiary/aromatic N) is 4. The molecule has 128 valence electrons. The van der Waals surface area contributed by atoms with Crippen molar-refractivity contribution in [2.24, 2.45) is 0 Å². The number of hydrogen-bond donors (Lipinski definition) is 0. The number of aromatic nitrogens is 3. The molecule has 1 aliphatic heterocycles. The van der Waals surface area contributed by atoms with Gasteiger partial charge >= 0.3 is 0 Å². The third-order valence-corrected chi connectivity index (χ3v) is 4.17. The minimum Gasteiger partial charge on any atom is -0.336 e. The van der Waals surface area contributed by atoms with Crippen LogP contribution in [0.2, 0.25) is 0 Å². The van der Waals surface area contributed by atoms with Crippen molar-refractivity contribution in [2.75, 3.05) is 13.1 Å². The fourth-order valence-electron chi connectivity index (χ4n) is 3.08. The summed E-state index contributed by atoms with van der Waals surface area (Å²) in [5.74, 6) is -3.42. The van der Waals surface area contributed by atoms with Crippen molar-refractivity contribution in [3.05, 3.63) is 46.8 Å². The molecule has 1 saturated heterocycles. The van der Waals surface area contributed by atoms with Crippen LogP contribution in [0.1, 0.15) is 40.9 Å². The SMILES string of the molecule is Cc1nc(C)n([C@@H]2CCCN(C(=O)c3cc(F)c(F)c(F)c3)C2)n1. The molecule has 2 aromatic rings. The van der Waals surface area contributed by atoms with E-state index in [4.69, 9.17) is 0 Å². The normalized spacial score (nSPS) is 18.0. The largest absolute Gasteiger partial charge is 0.336 e. The number of carbonyl (C=O) groups excluding carboxylic acids is 1. The molecule has 0 bridgehead atoms. The lowest BCUT2D eigenvalue weighted by Gasteiger charge is -2.33. The van der Waals surface area contributed by atoms with Gasteiger partial charge in [-0.1, -0.05) is 0 Å². The summed E-state index contributed by atoms with van der Waals surface area (Å²) in [4.78, 5) is 18.3. The Hall–Kier alpha value is -2.38. The van der Waals surface area contributed by atoms with Crippen molar-refractivity contribution < 1.29 is 18.0 Å². The zero-order valence-corrected chi connectivity index (χ0v) is 13.4. The van der Waals surface area contributed by atoms with E-state index in [0.29, 0.717) is 18.9 Å². The molecule has 0 unspecified atom stereocenters. The molecule has 3 rings (SSSR count). The number of amides is 1. The highest BCUT2D eigenvalue weighted by molar-refractivity contribution is 5.94. The Morgan fingerprint density at radius 2 is 1.88 bits per heavy atom. The molecule has 24 heavy (non-hydrogen) atoms. The van der Waals surface area contributed by atoms with E-state index in [-0.39, 0.29) is 11.6 Å². The molecule has 1 aromatic carbocycles. The van der Waals surface area contributed by atoms with Crippen LogP contribution >= 0.6 is 0 Å². The van der Waals surface area contributed by atoms with Crippen LogP contribution in [0, 0.1) is 31.3 Å². The quantitative estimate of drug-likeness (QED) is 0.791. The molecule has 0 spiro atoms. The van der Waals surface area contributed by atoms with Crippen LogP contribution in [0.3, 0.4) is 0 Å². The highest BCUT2D eigenvalue weighted by Crippen LogP contribution is 2.24. The zero-order chi connectivity index (χ0) is 17.4. The van der Waals surface area contributed by atoms with E-state index < -0.39 is 23.4 Å². The molecule has 1 amide bonds. The summed E-state index contributed by atoms with van der Waals surface area (Å²) in [6.45, 7) is 4.47. The van der Waals surface area contributed by atoms with Crippen molar-refractivity contribution in [2.45, 2.75) is 32.7 Å². The van der Waals surface area contributed by atoms with Gasteiger partial charge in [0.15, 0.2) is 17.5 Å². The van der Waals surface area contributed by atoms with E-state index in [0.717, 1.165) is 30.8 Å². The molecule has 0 saturated carbocycles. The lowest BCUT2D eigenvalue weighted by molar-refractivity contribution is 0.0670. The van der Waals surface area contributed by atoms with Crippen LogP contribution in [0.15, 0.2) is 12.1 Å². The second-order valence-electron chi connectivity index (χ2n) is 5.95. The van der Waals surface area contributed by atoms with Crippen molar-refractivity contribution >= 4 is 5.91 Å². The van der Waals surface area contributed by atoms with E-state index in [1.165, 1.54) is 4.90 Å². The highest BCUT2D eigenvalue weighted by Gasteiger charge is 2.28. The first kappa shape index (κ1) is 16.5. The smallest absolute Gasteiger partial charge is 0.254 e. The maximum atomic E-state index is 13.4. The van der Waals surface area contributed by atoms with Gasteiger partial charge in [-0.25, -0.2) is 22.8 Å². The van der Waals surface area contributed by atoms with E-state index in [1.54, 1.807) is 11.6 Å². The minimum absolute atomic E-state index is 0.0426. The summed E-state index contributed by atoms with van der Waals surface area (Å²) in [6.07, 6.45) is 1.57. The number of rotatable bonds is 2. The predicted octanol–water partition coefficient (Wildman–Crippen LogP) is 2.79. The van der Waals surface area contributed by atoms with Gasteiger partial charge in [-0.15, -0.1) is 0 Å². The Labute approximate surface area is 137 Å². The van der Waals surface area contributed by atoms with Gasteiger partial charge < -0.3 is 4.90 Å². The average Bonchev–Trinajstić information content (AvgIpc) is 2.90. The molecule has 5 nitrogen and oxygen atoms in total. The Morgan fingerprint density at radius 1 is 1.21 bits per heavy atom. The van der Waals surface area contributed by atoms with Gasteiger partial charge in [0.05, 0.1) is 6.04 Å². The number of aryl methyl sites for hydroxylation is 2. The lowest BCUT2D eigenvalue weighted by atomic mass is 10.0. The minimum atomic E-state index is -1.57. The maximum Gasteiger partial charge on any atom is 0.254 e. The summed E-state index contributed by atoms with van der Waals surface area (Å²) < 4.78 is 41.5. The Bertz CT molecular complexity index is 767. The molecule has 8 heteroatoms. The summed E-state index contributed by atoms with van der Waals surface area (Å²) in [6, 6.07) is 1.42.